The fourth-order valence-electron chi connectivity index (χ4n) is 4.61. The number of ether oxygens (including phenoxy) is 1. The molecule has 2 aliphatic rings. The van der Waals surface area contributed by atoms with Crippen molar-refractivity contribution in [2.45, 2.75) is 57.4 Å². The van der Waals surface area contributed by atoms with Crippen LogP contribution < -0.4 is 10.1 Å². The fourth-order valence-corrected chi connectivity index (χ4v) is 4.61. The first-order chi connectivity index (χ1) is 14.8. The van der Waals surface area contributed by atoms with E-state index in [4.69, 9.17) is 4.74 Å². The molecule has 0 spiro atoms. The molecule has 0 bridgehead atoms. The van der Waals surface area contributed by atoms with E-state index in [-0.39, 0.29) is 0 Å². The molecule has 1 N–H and O–H groups in total. The maximum absolute atomic E-state index is 5.28. The van der Waals surface area contributed by atoms with Gasteiger partial charge in [-0.25, -0.2) is 0 Å². The van der Waals surface area contributed by atoms with Crippen molar-refractivity contribution < 1.29 is 4.74 Å². The number of aromatic nitrogens is 3. The minimum atomic E-state index is 0.543. The molecule has 0 radical (unpaired) electrons. The second-order valence-electron chi connectivity index (χ2n) is 8.28. The van der Waals surface area contributed by atoms with E-state index in [1.807, 2.05) is 7.05 Å². The van der Waals surface area contributed by atoms with E-state index >= 15 is 0 Å². The summed E-state index contributed by atoms with van der Waals surface area (Å²) in [5.74, 6) is 4.78. The van der Waals surface area contributed by atoms with E-state index in [9.17, 15) is 0 Å². The number of aryl methyl sites for hydroxylation is 2. The Morgan fingerprint density at radius 2 is 2.03 bits per heavy atom. The van der Waals surface area contributed by atoms with Crippen LogP contribution in [-0.2, 0) is 19.4 Å². The van der Waals surface area contributed by atoms with Gasteiger partial charge in [0.2, 0.25) is 0 Å². The molecule has 7 nitrogen and oxygen atoms in total. The Morgan fingerprint density at radius 3 is 2.83 bits per heavy atom. The number of hydrogen-bond donors (Lipinski definition) is 1. The zero-order chi connectivity index (χ0) is 20.8. The summed E-state index contributed by atoms with van der Waals surface area (Å²) in [6.45, 7) is 4.02. The van der Waals surface area contributed by atoms with Crippen molar-refractivity contribution >= 4 is 5.96 Å². The number of likely N-dealkylation sites (tertiary alicyclic amines) is 1. The number of nitrogens with one attached hydrogen (secondary N) is 1. The van der Waals surface area contributed by atoms with Gasteiger partial charge in [-0.15, -0.1) is 10.2 Å². The van der Waals surface area contributed by atoms with Crippen molar-refractivity contribution in [1.29, 1.82) is 0 Å². The van der Waals surface area contributed by atoms with Crippen LogP contribution in [0, 0.1) is 0 Å². The molecule has 1 aromatic heterocycles. The van der Waals surface area contributed by atoms with Crippen LogP contribution in [0.2, 0.25) is 0 Å². The van der Waals surface area contributed by atoms with Crippen molar-refractivity contribution in [2.75, 3.05) is 33.8 Å². The summed E-state index contributed by atoms with van der Waals surface area (Å²) in [4.78, 5) is 6.89. The van der Waals surface area contributed by atoms with Gasteiger partial charge in [-0.3, -0.25) is 4.99 Å². The molecule has 1 aromatic carbocycles. The topological polar surface area (TPSA) is 67.6 Å². The van der Waals surface area contributed by atoms with Crippen LogP contribution in [-0.4, -0.2) is 59.4 Å². The van der Waals surface area contributed by atoms with Gasteiger partial charge in [0, 0.05) is 52.0 Å². The lowest BCUT2D eigenvalue weighted by Crippen LogP contribution is -2.40. The van der Waals surface area contributed by atoms with Crippen molar-refractivity contribution in [3.05, 3.63) is 41.5 Å². The molecule has 3 heterocycles. The van der Waals surface area contributed by atoms with Crippen LogP contribution in [0.15, 0.2) is 29.3 Å². The van der Waals surface area contributed by atoms with Gasteiger partial charge in [-0.2, -0.15) is 0 Å². The van der Waals surface area contributed by atoms with E-state index in [2.05, 4.69) is 54.2 Å². The van der Waals surface area contributed by atoms with Crippen molar-refractivity contribution in [3.63, 3.8) is 0 Å². The third kappa shape index (κ3) is 4.77. The predicted octanol–water partition coefficient (Wildman–Crippen LogP) is 3.01. The molecule has 4 rings (SSSR count). The number of rotatable bonds is 6. The van der Waals surface area contributed by atoms with Gasteiger partial charge in [0.05, 0.1) is 7.11 Å². The second kappa shape index (κ2) is 9.96. The van der Waals surface area contributed by atoms with E-state index in [0.29, 0.717) is 5.92 Å². The highest BCUT2D eigenvalue weighted by Crippen LogP contribution is 2.28. The molecule has 0 saturated carbocycles. The Kier molecular flexibility index (Phi) is 6.87. The summed E-state index contributed by atoms with van der Waals surface area (Å²) in [7, 11) is 3.59. The molecule has 2 aliphatic heterocycles. The smallest absolute Gasteiger partial charge is 0.193 e. The first-order valence-electron chi connectivity index (χ1n) is 11.3. The third-order valence-corrected chi connectivity index (χ3v) is 6.33. The number of aliphatic imine (C=N–C) groups is 1. The molecule has 0 aliphatic carbocycles. The molecule has 1 fully saturated rings. The summed E-state index contributed by atoms with van der Waals surface area (Å²) < 4.78 is 7.63. The summed E-state index contributed by atoms with van der Waals surface area (Å²) in [6, 6.07) is 8.47. The lowest BCUT2D eigenvalue weighted by Gasteiger charge is -2.22. The average molecular weight is 411 g/mol. The Balaban J connectivity index is 1.25. The third-order valence-electron chi connectivity index (χ3n) is 6.33. The lowest BCUT2D eigenvalue weighted by atomic mass is 9.98. The maximum atomic E-state index is 5.28. The fraction of sp³-hybridized carbons (Fsp3) is 0.609. The van der Waals surface area contributed by atoms with Crippen LogP contribution >= 0.6 is 0 Å². The molecule has 1 unspecified atom stereocenters. The van der Waals surface area contributed by atoms with E-state index < -0.39 is 0 Å². The number of nitrogens with zero attached hydrogens (tertiary/aromatic N) is 5. The van der Waals surface area contributed by atoms with Crippen LogP contribution in [0.5, 0.6) is 5.75 Å². The number of benzene rings is 1. The van der Waals surface area contributed by atoms with Gasteiger partial charge >= 0.3 is 0 Å². The van der Waals surface area contributed by atoms with Gasteiger partial charge in [0.25, 0.3) is 0 Å². The Labute approximate surface area is 179 Å². The highest BCUT2D eigenvalue weighted by Gasteiger charge is 2.26. The summed E-state index contributed by atoms with van der Waals surface area (Å²) in [5.41, 5.74) is 1.38. The number of guanidine groups is 1. The normalized spacial score (nSPS) is 19.5. The Morgan fingerprint density at radius 1 is 1.17 bits per heavy atom. The number of methoxy groups -OCH3 is 1. The molecule has 30 heavy (non-hydrogen) atoms. The first kappa shape index (κ1) is 20.7. The van der Waals surface area contributed by atoms with Crippen molar-refractivity contribution in [1.82, 2.24) is 25.0 Å². The van der Waals surface area contributed by atoms with Crippen molar-refractivity contribution in [3.8, 4) is 5.75 Å². The summed E-state index contributed by atoms with van der Waals surface area (Å²) >= 11 is 0. The van der Waals surface area contributed by atoms with E-state index in [1.165, 1.54) is 30.7 Å². The molecule has 1 atom stereocenters. The van der Waals surface area contributed by atoms with Crippen molar-refractivity contribution in [2.24, 2.45) is 4.99 Å². The zero-order valence-electron chi connectivity index (χ0n) is 18.3. The van der Waals surface area contributed by atoms with Crippen LogP contribution in [0.4, 0.5) is 0 Å². The number of hydrogen-bond acceptors (Lipinski definition) is 4. The molecule has 1 saturated heterocycles. The van der Waals surface area contributed by atoms with Gasteiger partial charge in [0.15, 0.2) is 5.96 Å². The molecule has 162 valence electrons. The van der Waals surface area contributed by atoms with Crippen LogP contribution in [0.1, 0.15) is 55.2 Å². The molecule has 2 aromatic rings. The minimum Gasteiger partial charge on any atom is -0.497 e. The molecule has 0 amide bonds. The predicted molar refractivity (Wildman–Crippen MR) is 119 cm³/mol. The Bertz CT molecular complexity index is 844. The highest BCUT2D eigenvalue weighted by molar-refractivity contribution is 5.80. The molecular weight excluding hydrogens is 376 g/mol. The van der Waals surface area contributed by atoms with Gasteiger partial charge in [0.1, 0.15) is 17.4 Å². The minimum absolute atomic E-state index is 0.543. The second-order valence-corrected chi connectivity index (χ2v) is 8.28. The quantitative estimate of drug-likeness (QED) is 0.450. The first-order valence-corrected chi connectivity index (χ1v) is 11.3. The molecule has 7 heteroatoms. The number of fused-ring (bicyclic) bond motifs is 1. The standard InChI is InChI=1S/C23H34N6O/c1-24-23(28-16-13-19(17-28)18-9-11-20(30-2)12-10-18)25-14-6-8-22-27-26-21-7-4-3-5-15-29(21)22/h9-12,19H,3-8,13-17H2,1-2H3,(H,24,25). The van der Waals surface area contributed by atoms with E-state index in [1.54, 1.807) is 7.11 Å². The largest absolute Gasteiger partial charge is 0.497 e. The SMILES string of the molecule is CN=C(NCCCc1nnc2n1CCCCC2)N1CCC(c2ccc(OC)cc2)C1. The van der Waals surface area contributed by atoms with Crippen LogP contribution in [0.25, 0.3) is 0 Å². The lowest BCUT2D eigenvalue weighted by molar-refractivity contribution is 0.414. The summed E-state index contributed by atoms with van der Waals surface area (Å²) in [5, 5.41) is 12.4. The Hall–Kier alpha value is -2.57. The average Bonchev–Trinajstić information content (AvgIpc) is 3.35. The van der Waals surface area contributed by atoms with E-state index in [0.717, 1.165) is 69.4 Å². The summed E-state index contributed by atoms with van der Waals surface area (Å²) in [6.07, 6.45) is 8.00. The van der Waals surface area contributed by atoms with Gasteiger partial charge < -0.3 is 19.5 Å². The highest BCUT2D eigenvalue weighted by atomic mass is 16.5. The van der Waals surface area contributed by atoms with Gasteiger partial charge in [-0.05, 0) is 43.4 Å². The maximum Gasteiger partial charge on any atom is 0.193 e. The van der Waals surface area contributed by atoms with Crippen LogP contribution in [0.3, 0.4) is 0 Å². The monoisotopic (exact) mass is 410 g/mol. The zero-order valence-corrected chi connectivity index (χ0v) is 18.3. The van der Waals surface area contributed by atoms with Gasteiger partial charge in [-0.1, -0.05) is 18.6 Å². The molecular formula is C23H34N6O.